The van der Waals surface area contributed by atoms with Crippen LogP contribution in [0.5, 0.6) is 0 Å². The highest BCUT2D eigenvalue weighted by Crippen LogP contribution is 2.20. The molecular weight excluding hydrogens is 210 g/mol. The minimum absolute atomic E-state index is 0.126. The summed E-state index contributed by atoms with van der Waals surface area (Å²) in [5, 5.41) is 11.5. The maximum absolute atomic E-state index is 12.0. The summed E-state index contributed by atoms with van der Waals surface area (Å²) in [6, 6.07) is -0.725. The van der Waals surface area contributed by atoms with Crippen molar-refractivity contribution >= 4 is 11.9 Å². The first-order valence-electron chi connectivity index (χ1n) is 5.23. The molecule has 0 rings (SSSR count). The molecule has 0 radical (unpaired) electrons. The van der Waals surface area contributed by atoms with Crippen LogP contribution < -0.4 is 5.32 Å². The van der Waals surface area contributed by atoms with E-state index in [4.69, 9.17) is 5.11 Å². The van der Waals surface area contributed by atoms with Gasteiger partial charge in [0.15, 0.2) is 5.78 Å². The standard InChI is InChI=1S/C11H21NO4/c1-7(6-13)8(12-10(15)16-5)9(14)11(2,3)4/h7-8,13H,6H2,1-5H3,(H,12,15). The summed E-state index contributed by atoms with van der Waals surface area (Å²) in [4.78, 5) is 23.1. The predicted octanol–water partition coefficient (Wildman–Crippen LogP) is 0.955. The van der Waals surface area contributed by atoms with E-state index in [1.54, 1.807) is 27.7 Å². The quantitative estimate of drug-likeness (QED) is 0.755. The van der Waals surface area contributed by atoms with Crippen LogP contribution in [0.4, 0.5) is 4.79 Å². The maximum Gasteiger partial charge on any atom is 0.407 e. The van der Waals surface area contributed by atoms with Crippen molar-refractivity contribution in [1.82, 2.24) is 5.32 Å². The van der Waals surface area contributed by atoms with E-state index in [1.165, 1.54) is 7.11 Å². The van der Waals surface area contributed by atoms with Crippen molar-refractivity contribution in [1.29, 1.82) is 0 Å². The zero-order valence-electron chi connectivity index (χ0n) is 10.5. The van der Waals surface area contributed by atoms with E-state index >= 15 is 0 Å². The number of nitrogens with one attached hydrogen (secondary N) is 1. The minimum atomic E-state index is -0.725. The van der Waals surface area contributed by atoms with Gasteiger partial charge >= 0.3 is 6.09 Å². The number of carbonyl (C=O) groups excluding carboxylic acids is 2. The van der Waals surface area contributed by atoms with Crippen LogP contribution in [0.1, 0.15) is 27.7 Å². The van der Waals surface area contributed by atoms with Crippen molar-refractivity contribution < 1.29 is 19.4 Å². The van der Waals surface area contributed by atoms with Crippen LogP contribution in [0.25, 0.3) is 0 Å². The SMILES string of the molecule is COC(=O)NC(C(=O)C(C)(C)C)C(C)CO. The number of Topliss-reactive ketones (excluding diaryl/α,β-unsaturated/α-hetero) is 1. The van der Waals surface area contributed by atoms with E-state index in [-0.39, 0.29) is 18.3 Å². The minimum Gasteiger partial charge on any atom is -0.453 e. The lowest BCUT2D eigenvalue weighted by molar-refractivity contribution is -0.129. The summed E-state index contributed by atoms with van der Waals surface area (Å²) >= 11 is 0. The fourth-order valence-corrected chi connectivity index (χ4v) is 1.22. The van der Waals surface area contributed by atoms with Gasteiger partial charge < -0.3 is 15.2 Å². The molecule has 0 aromatic heterocycles. The number of aliphatic hydroxyl groups is 1. The van der Waals surface area contributed by atoms with Gasteiger partial charge in [-0.2, -0.15) is 0 Å². The molecule has 0 spiro atoms. The zero-order chi connectivity index (χ0) is 12.9. The van der Waals surface area contributed by atoms with Gasteiger partial charge in [0.25, 0.3) is 0 Å². The Morgan fingerprint density at radius 3 is 2.19 bits per heavy atom. The highest BCUT2D eigenvalue weighted by Gasteiger charge is 2.34. The highest BCUT2D eigenvalue weighted by atomic mass is 16.5. The normalized spacial score (nSPS) is 15.1. The molecule has 5 heteroatoms. The molecule has 0 saturated heterocycles. The van der Waals surface area contributed by atoms with E-state index < -0.39 is 17.6 Å². The molecule has 1 amide bonds. The Kier molecular flexibility index (Phi) is 5.44. The number of methoxy groups -OCH3 is 1. The predicted molar refractivity (Wildman–Crippen MR) is 60.0 cm³/mol. The molecule has 0 fully saturated rings. The molecule has 2 N–H and O–H groups in total. The summed E-state index contributed by atoms with van der Waals surface area (Å²) in [5.41, 5.74) is -0.574. The van der Waals surface area contributed by atoms with Crippen LogP contribution in [0, 0.1) is 11.3 Å². The van der Waals surface area contributed by atoms with Crippen LogP contribution >= 0.6 is 0 Å². The molecule has 0 aliphatic carbocycles. The van der Waals surface area contributed by atoms with E-state index in [0.717, 1.165) is 0 Å². The number of aliphatic hydroxyl groups excluding tert-OH is 1. The first kappa shape index (κ1) is 14.9. The van der Waals surface area contributed by atoms with Gasteiger partial charge in [0, 0.05) is 17.9 Å². The summed E-state index contributed by atoms with van der Waals surface area (Å²) < 4.78 is 4.45. The van der Waals surface area contributed by atoms with E-state index in [9.17, 15) is 9.59 Å². The first-order valence-corrected chi connectivity index (χ1v) is 5.23. The molecule has 5 nitrogen and oxygen atoms in total. The van der Waals surface area contributed by atoms with Crippen molar-refractivity contribution in [2.75, 3.05) is 13.7 Å². The van der Waals surface area contributed by atoms with Crippen LogP contribution in [0.2, 0.25) is 0 Å². The lowest BCUT2D eigenvalue weighted by Gasteiger charge is -2.28. The van der Waals surface area contributed by atoms with E-state index in [1.807, 2.05) is 0 Å². The van der Waals surface area contributed by atoms with Gasteiger partial charge in [0.05, 0.1) is 13.2 Å². The van der Waals surface area contributed by atoms with Gasteiger partial charge in [0.2, 0.25) is 0 Å². The molecule has 0 heterocycles. The summed E-state index contributed by atoms with van der Waals surface area (Å²) in [6.07, 6.45) is -0.664. The molecular formula is C11H21NO4. The average Bonchev–Trinajstić information content (AvgIpc) is 2.22. The topological polar surface area (TPSA) is 75.6 Å². The molecule has 0 aliphatic heterocycles. The molecule has 0 saturated carbocycles. The molecule has 0 aromatic carbocycles. The van der Waals surface area contributed by atoms with Crippen molar-refractivity contribution in [2.45, 2.75) is 33.7 Å². The maximum atomic E-state index is 12.0. The van der Waals surface area contributed by atoms with E-state index in [0.29, 0.717) is 0 Å². The number of hydrogen-bond acceptors (Lipinski definition) is 4. The molecule has 16 heavy (non-hydrogen) atoms. The second-order valence-corrected chi connectivity index (χ2v) is 4.89. The Morgan fingerprint density at radius 2 is 1.88 bits per heavy atom. The van der Waals surface area contributed by atoms with Crippen LogP contribution in [-0.4, -0.2) is 36.7 Å². The molecule has 0 aliphatic rings. The number of hydrogen-bond donors (Lipinski definition) is 2. The second kappa shape index (κ2) is 5.84. The monoisotopic (exact) mass is 231 g/mol. The number of carbonyl (C=O) groups is 2. The Balaban J connectivity index is 4.81. The zero-order valence-corrected chi connectivity index (χ0v) is 10.5. The molecule has 2 unspecified atom stereocenters. The highest BCUT2D eigenvalue weighted by molar-refractivity contribution is 5.91. The lowest BCUT2D eigenvalue weighted by Crippen LogP contribution is -2.50. The van der Waals surface area contributed by atoms with Gasteiger partial charge in [0.1, 0.15) is 0 Å². The Bertz CT molecular complexity index is 257. The number of ether oxygens (including phenoxy) is 1. The average molecular weight is 231 g/mol. The van der Waals surface area contributed by atoms with E-state index in [2.05, 4.69) is 10.1 Å². The third kappa shape index (κ3) is 4.18. The van der Waals surface area contributed by atoms with Gasteiger partial charge in [-0.15, -0.1) is 0 Å². The van der Waals surface area contributed by atoms with Crippen molar-refractivity contribution in [2.24, 2.45) is 11.3 Å². The lowest BCUT2D eigenvalue weighted by atomic mass is 9.82. The molecule has 2 atom stereocenters. The molecule has 94 valence electrons. The van der Waals surface area contributed by atoms with Crippen molar-refractivity contribution in [3.05, 3.63) is 0 Å². The third-order valence-electron chi connectivity index (χ3n) is 2.34. The Morgan fingerprint density at radius 1 is 1.38 bits per heavy atom. The second-order valence-electron chi connectivity index (χ2n) is 4.89. The van der Waals surface area contributed by atoms with Gasteiger partial charge in [-0.05, 0) is 0 Å². The van der Waals surface area contributed by atoms with Crippen molar-refractivity contribution in [3.63, 3.8) is 0 Å². The summed E-state index contributed by atoms with van der Waals surface area (Å²) in [5.74, 6) is -0.467. The largest absolute Gasteiger partial charge is 0.453 e. The first-order chi connectivity index (χ1) is 7.23. The Hall–Kier alpha value is -1.10. The van der Waals surface area contributed by atoms with Crippen LogP contribution in [0.15, 0.2) is 0 Å². The number of ketones is 1. The fourth-order valence-electron chi connectivity index (χ4n) is 1.22. The number of rotatable bonds is 4. The van der Waals surface area contributed by atoms with Gasteiger partial charge in [-0.25, -0.2) is 4.79 Å². The number of alkyl carbamates (subject to hydrolysis) is 1. The Labute approximate surface area is 96.2 Å². The summed E-state index contributed by atoms with van der Waals surface area (Å²) in [6.45, 7) is 6.84. The van der Waals surface area contributed by atoms with Crippen molar-refractivity contribution in [3.8, 4) is 0 Å². The van der Waals surface area contributed by atoms with Gasteiger partial charge in [-0.3, -0.25) is 4.79 Å². The van der Waals surface area contributed by atoms with Gasteiger partial charge in [-0.1, -0.05) is 27.7 Å². The van der Waals surface area contributed by atoms with Crippen LogP contribution in [-0.2, 0) is 9.53 Å². The number of amides is 1. The molecule has 0 aromatic rings. The third-order valence-corrected chi connectivity index (χ3v) is 2.34. The smallest absolute Gasteiger partial charge is 0.407 e. The fraction of sp³-hybridized carbons (Fsp3) is 0.818. The summed E-state index contributed by atoms with van der Waals surface area (Å²) in [7, 11) is 1.23. The molecule has 0 bridgehead atoms. The van der Waals surface area contributed by atoms with Crippen LogP contribution in [0.3, 0.4) is 0 Å².